The van der Waals surface area contributed by atoms with E-state index >= 15 is 0 Å². The lowest BCUT2D eigenvalue weighted by atomic mass is 9.80. The van der Waals surface area contributed by atoms with E-state index in [0.717, 1.165) is 38.9 Å². The zero-order chi connectivity index (χ0) is 21.4. The summed E-state index contributed by atoms with van der Waals surface area (Å²) in [4.78, 5) is 15.3. The summed E-state index contributed by atoms with van der Waals surface area (Å²) in [5, 5.41) is 2.99. The van der Waals surface area contributed by atoms with Crippen molar-refractivity contribution in [1.29, 1.82) is 0 Å². The van der Waals surface area contributed by atoms with Crippen molar-refractivity contribution in [2.75, 3.05) is 12.0 Å². The molecule has 4 aromatic rings. The molecule has 1 amide bonds. The maximum absolute atomic E-state index is 13.4. The summed E-state index contributed by atoms with van der Waals surface area (Å²) < 4.78 is 5.66. The first-order chi connectivity index (χ1) is 15.2. The minimum absolute atomic E-state index is 0.0766. The molecule has 0 aromatic heterocycles. The molecular weight excluding hydrogens is 406 g/mol. The number of benzene rings is 4. The number of carbonyl (C=O) groups excluding carboxylic acids is 1. The van der Waals surface area contributed by atoms with Crippen molar-refractivity contribution in [2.45, 2.75) is 18.9 Å². The first kappa shape index (κ1) is 19.7. The number of hydrogen-bond acceptors (Lipinski definition) is 2. The van der Waals surface area contributed by atoms with E-state index in [0.29, 0.717) is 18.0 Å². The molecule has 0 spiro atoms. The molecule has 0 saturated heterocycles. The summed E-state index contributed by atoms with van der Waals surface area (Å²) in [5.74, 6) is 0.810. The number of halogens is 1. The van der Waals surface area contributed by atoms with Crippen LogP contribution in [0.5, 0.6) is 5.75 Å². The largest absolute Gasteiger partial charge is 0.496 e. The van der Waals surface area contributed by atoms with Crippen molar-refractivity contribution in [3.8, 4) is 5.75 Å². The zero-order valence-electron chi connectivity index (χ0n) is 17.2. The molecule has 4 heteroatoms. The normalized spacial score (nSPS) is 15.7. The van der Waals surface area contributed by atoms with Gasteiger partial charge in [0.05, 0.1) is 13.7 Å². The van der Waals surface area contributed by atoms with Crippen molar-refractivity contribution >= 4 is 34.0 Å². The number of hydrogen-bond donors (Lipinski definition) is 0. The predicted octanol–water partition coefficient (Wildman–Crippen LogP) is 6.57. The van der Waals surface area contributed by atoms with Gasteiger partial charge in [0.15, 0.2) is 0 Å². The Bertz CT molecular complexity index is 1280. The highest BCUT2D eigenvalue weighted by Gasteiger charge is 2.35. The Morgan fingerprint density at radius 2 is 1.68 bits per heavy atom. The van der Waals surface area contributed by atoms with E-state index in [-0.39, 0.29) is 11.8 Å². The van der Waals surface area contributed by atoms with Gasteiger partial charge in [-0.25, -0.2) is 0 Å². The molecule has 5 rings (SSSR count). The number of rotatable bonds is 4. The van der Waals surface area contributed by atoms with E-state index in [1.165, 1.54) is 0 Å². The molecule has 1 heterocycles. The van der Waals surface area contributed by atoms with Gasteiger partial charge in [0.2, 0.25) is 5.91 Å². The van der Waals surface area contributed by atoms with E-state index in [1.807, 2.05) is 53.4 Å². The standard InChI is InChI=1S/C27H22ClNO2/c1-31-25-13-7-5-11-21(25)22-16-26(30)29(17-19-9-3-6-12-23(19)28)24-15-14-18-8-2-4-10-20(18)27(22)24/h2-15,22H,16-17H2,1H3. The molecule has 1 unspecified atom stereocenters. The van der Waals surface area contributed by atoms with Crippen LogP contribution in [0.2, 0.25) is 5.02 Å². The maximum atomic E-state index is 13.4. The molecule has 0 fully saturated rings. The van der Waals surface area contributed by atoms with Crippen LogP contribution in [0.3, 0.4) is 0 Å². The third-order valence-electron chi connectivity index (χ3n) is 6.07. The Morgan fingerprint density at radius 1 is 0.935 bits per heavy atom. The van der Waals surface area contributed by atoms with Crippen molar-refractivity contribution in [3.05, 3.63) is 107 Å². The number of methoxy groups -OCH3 is 1. The number of anilines is 1. The molecule has 1 atom stereocenters. The van der Waals surface area contributed by atoms with Crippen molar-refractivity contribution in [1.82, 2.24) is 0 Å². The average Bonchev–Trinajstić information content (AvgIpc) is 2.81. The minimum atomic E-state index is -0.0766. The number of fused-ring (bicyclic) bond motifs is 3. The molecular formula is C27H22ClNO2. The summed E-state index contributed by atoms with van der Waals surface area (Å²) in [6.07, 6.45) is 0.381. The number of amides is 1. The molecule has 0 saturated carbocycles. The summed E-state index contributed by atoms with van der Waals surface area (Å²) >= 11 is 6.42. The first-order valence-electron chi connectivity index (χ1n) is 10.4. The SMILES string of the molecule is COc1ccccc1C1CC(=O)N(Cc2ccccc2Cl)c2ccc3ccccc3c21. The lowest BCUT2D eigenvalue weighted by Gasteiger charge is -2.36. The van der Waals surface area contributed by atoms with E-state index in [2.05, 4.69) is 36.4 Å². The van der Waals surface area contributed by atoms with Crippen molar-refractivity contribution in [3.63, 3.8) is 0 Å². The van der Waals surface area contributed by atoms with Gasteiger partial charge in [-0.3, -0.25) is 4.79 Å². The highest BCUT2D eigenvalue weighted by molar-refractivity contribution is 6.31. The predicted molar refractivity (Wildman–Crippen MR) is 126 cm³/mol. The van der Waals surface area contributed by atoms with Crippen LogP contribution in [0.1, 0.15) is 29.0 Å². The summed E-state index contributed by atoms with van der Waals surface area (Å²) in [6, 6.07) is 28.2. The first-order valence-corrected chi connectivity index (χ1v) is 10.7. The molecule has 154 valence electrons. The highest BCUT2D eigenvalue weighted by atomic mass is 35.5. The Hall–Kier alpha value is -3.30. The van der Waals surface area contributed by atoms with Crippen LogP contribution >= 0.6 is 11.6 Å². The Labute approximate surface area is 186 Å². The van der Waals surface area contributed by atoms with Gasteiger partial charge in [-0.05, 0) is 40.1 Å². The van der Waals surface area contributed by atoms with E-state index in [9.17, 15) is 4.79 Å². The van der Waals surface area contributed by atoms with Crippen LogP contribution in [0.15, 0.2) is 84.9 Å². The summed E-state index contributed by atoms with van der Waals surface area (Å²) in [6.45, 7) is 0.447. The van der Waals surface area contributed by atoms with Crippen LogP contribution in [-0.2, 0) is 11.3 Å². The highest BCUT2D eigenvalue weighted by Crippen LogP contribution is 2.46. The van der Waals surface area contributed by atoms with Gasteiger partial charge in [-0.2, -0.15) is 0 Å². The molecule has 0 aliphatic carbocycles. The van der Waals surface area contributed by atoms with Gasteiger partial charge in [0.25, 0.3) is 0 Å². The summed E-state index contributed by atoms with van der Waals surface area (Å²) in [5.41, 5.74) is 4.07. The van der Waals surface area contributed by atoms with Crippen LogP contribution in [0.4, 0.5) is 5.69 Å². The second-order valence-electron chi connectivity index (χ2n) is 7.79. The Balaban J connectivity index is 1.71. The topological polar surface area (TPSA) is 29.5 Å². The second kappa shape index (κ2) is 8.09. The third-order valence-corrected chi connectivity index (χ3v) is 6.44. The second-order valence-corrected chi connectivity index (χ2v) is 8.20. The monoisotopic (exact) mass is 427 g/mol. The fourth-order valence-corrected chi connectivity index (χ4v) is 4.79. The average molecular weight is 428 g/mol. The molecule has 31 heavy (non-hydrogen) atoms. The Morgan fingerprint density at radius 3 is 2.52 bits per heavy atom. The molecule has 0 N–H and O–H groups in total. The number of carbonyl (C=O) groups is 1. The lowest BCUT2D eigenvalue weighted by Crippen LogP contribution is -2.36. The number of nitrogens with zero attached hydrogens (tertiary/aromatic N) is 1. The van der Waals surface area contributed by atoms with E-state index in [4.69, 9.17) is 16.3 Å². The van der Waals surface area contributed by atoms with Crippen LogP contribution in [0, 0.1) is 0 Å². The van der Waals surface area contributed by atoms with Crippen LogP contribution in [0.25, 0.3) is 10.8 Å². The fourth-order valence-electron chi connectivity index (χ4n) is 4.60. The molecule has 0 bridgehead atoms. The quantitative estimate of drug-likeness (QED) is 0.368. The lowest BCUT2D eigenvalue weighted by molar-refractivity contribution is -0.119. The minimum Gasteiger partial charge on any atom is -0.496 e. The number of para-hydroxylation sites is 1. The van der Waals surface area contributed by atoms with Gasteiger partial charge in [-0.1, -0.05) is 78.3 Å². The van der Waals surface area contributed by atoms with Gasteiger partial charge in [-0.15, -0.1) is 0 Å². The fraction of sp³-hybridized carbons (Fsp3) is 0.148. The van der Waals surface area contributed by atoms with Gasteiger partial charge in [0, 0.05) is 28.6 Å². The van der Waals surface area contributed by atoms with Gasteiger partial charge >= 0.3 is 0 Å². The van der Waals surface area contributed by atoms with Crippen molar-refractivity contribution < 1.29 is 9.53 Å². The molecule has 1 aliphatic rings. The molecule has 3 nitrogen and oxygen atoms in total. The Kier molecular flexibility index (Phi) is 5.13. The van der Waals surface area contributed by atoms with Crippen LogP contribution in [-0.4, -0.2) is 13.0 Å². The molecule has 1 aliphatic heterocycles. The van der Waals surface area contributed by atoms with E-state index < -0.39 is 0 Å². The van der Waals surface area contributed by atoms with Crippen LogP contribution < -0.4 is 9.64 Å². The van der Waals surface area contributed by atoms with E-state index in [1.54, 1.807) is 7.11 Å². The zero-order valence-corrected chi connectivity index (χ0v) is 18.0. The number of ether oxygens (including phenoxy) is 1. The smallest absolute Gasteiger partial charge is 0.228 e. The summed E-state index contributed by atoms with van der Waals surface area (Å²) in [7, 11) is 1.68. The molecule has 4 aromatic carbocycles. The third kappa shape index (κ3) is 3.45. The van der Waals surface area contributed by atoms with Crippen molar-refractivity contribution in [2.24, 2.45) is 0 Å². The van der Waals surface area contributed by atoms with Gasteiger partial charge < -0.3 is 9.64 Å². The maximum Gasteiger partial charge on any atom is 0.228 e. The van der Waals surface area contributed by atoms with Gasteiger partial charge in [0.1, 0.15) is 5.75 Å². The molecule has 0 radical (unpaired) electrons.